The highest BCUT2D eigenvalue weighted by Crippen LogP contribution is 2.02. The van der Waals surface area contributed by atoms with Gasteiger partial charge in [-0.2, -0.15) is 0 Å². The Balaban J connectivity index is 2.75. The molecule has 4 heteroatoms. The molecule has 1 aromatic carbocycles. The van der Waals surface area contributed by atoms with Gasteiger partial charge in [-0.3, -0.25) is 4.79 Å². The molecular formula is C13H15NO3. The third-order valence-electron chi connectivity index (χ3n) is 2.15. The Kier molecular flexibility index (Phi) is 4.94. The molecule has 0 saturated carbocycles. The average molecular weight is 233 g/mol. The maximum Gasteiger partial charge on any atom is 0.352 e. The van der Waals surface area contributed by atoms with Crippen LogP contribution in [0.1, 0.15) is 30.1 Å². The normalized spacial score (nSPS) is 11.0. The van der Waals surface area contributed by atoms with Crippen molar-refractivity contribution in [2.45, 2.75) is 19.8 Å². The fraction of sp³-hybridized carbons (Fsp3) is 0.231. The molecule has 4 nitrogen and oxygen atoms in total. The van der Waals surface area contributed by atoms with Gasteiger partial charge in [0.1, 0.15) is 5.70 Å². The summed E-state index contributed by atoms with van der Waals surface area (Å²) in [6.45, 7) is 1.94. The molecule has 0 spiro atoms. The van der Waals surface area contributed by atoms with E-state index in [-0.39, 0.29) is 5.70 Å². The van der Waals surface area contributed by atoms with E-state index in [4.69, 9.17) is 5.11 Å². The van der Waals surface area contributed by atoms with Crippen LogP contribution in [-0.4, -0.2) is 17.0 Å². The van der Waals surface area contributed by atoms with E-state index >= 15 is 0 Å². The van der Waals surface area contributed by atoms with Crippen molar-refractivity contribution in [2.75, 3.05) is 0 Å². The summed E-state index contributed by atoms with van der Waals surface area (Å²) in [5, 5.41) is 11.3. The molecule has 1 rings (SSSR count). The third-order valence-corrected chi connectivity index (χ3v) is 2.15. The fourth-order valence-electron chi connectivity index (χ4n) is 1.26. The van der Waals surface area contributed by atoms with Crippen LogP contribution >= 0.6 is 0 Å². The molecule has 0 bridgehead atoms. The van der Waals surface area contributed by atoms with Gasteiger partial charge in [0.15, 0.2) is 0 Å². The van der Waals surface area contributed by atoms with Crippen molar-refractivity contribution >= 4 is 11.9 Å². The van der Waals surface area contributed by atoms with Gasteiger partial charge >= 0.3 is 5.97 Å². The quantitative estimate of drug-likeness (QED) is 0.766. The summed E-state index contributed by atoms with van der Waals surface area (Å²) in [7, 11) is 0. The highest BCUT2D eigenvalue weighted by molar-refractivity contribution is 6.00. The number of allylic oxidation sites excluding steroid dienone is 1. The van der Waals surface area contributed by atoms with Crippen molar-refractivity contribution in [1.82, 2.24) is 5.32 Å². The van der Waals surface area contributed by atoms with E-state index < -0.39 is 11.9 Å². The summed E-state index contributed by atoms with van der Waals surface area (Å²) < 4.78 is 0. The van der Waals surface area contributed by atoms with Gasteiger partial charge in [0.2, 0.25) is 0 Å². The molecule has 17 heavy (non-hydrogen) atoms. The minimum atomic E-state index is -1.12. The second kappa shape index (κ2) is 6.48. The molecule has 1 amide bonds. The van der Waals surface area contributed by atoms with Crippen molar-refractivity contribution in [3.63, 3.8) is 0 Å². The summed E-state index contributed by atoms with van der Waals surface area (Å²) >= 11 is 0. The molecule has 1 aromatic rings. The van der Waals surface area contributed by atoms with Gasteiger partial charge in [0, 0.05) is 5.56 Å². The largest absolute Gasteiger partial charge is 0.477 e. The lowest BCUT2D eigenvalue weighted by atomic mass is 10.2. The third kappa shape index (κ3) is 4.10. The molecular weight excluding hydrogens is 218 g/mol. The molecule has 0 atom stereocenters. The van der Waals surface area contributed by atoms with Gasteiger partial charge in [-0.15, -0.1) is 0 Å². The zero-order valence-electron chi connectivity index (χ0n) is 9.64. The highest BCUT2D eigenvalue weighted by Gasteiger charge is 2.11. The first-order valence-electron chi connectivity index (χ1n) is 5.45. The van der Waals surface area contributed by atoms with Crippen molar-refractivity contribution < 1.29 is 14.7 Å². The SMILES string of the molecule is CCC/C=C(/NC(=O)c1ccccc1)C(=O)O. The van der Waals surface area contributed by atoms with E-state index in [1.165, 1.54) is 6.08 Å². The second-order valence-corrected chi connectivity index (χ2v) is 3.53. The number of carbonyl (C=O) groups excluding carboxylic acids is 1. The molecule has 2 N–H and O–H groups in total. The Morgan fingerprint density at radius 2 is 1.94 bits per heavy atom. The number of hydrogen-bond acceptors (Lipinski definition) is 2. The minimum absolute atomic E-state index is 0.0688. The molecule has 0 radical (unpaired) electrons. The number of amides is 1. The molecule has 0 aliphatic rings. The Morgan fingerprint density at radius 1 is 1.29 bits per heavy atom. The average Bonchev–Trinajstić information content (AvgIpc) is 2.35. The van der Waals surface area contributed by atoms with E-state index in [2.05, 4.69) is 5.32 Å². The highest BCUT2D eigenvalue weighted by atomic mass is 16.4. The maximum absolute atomic E-state index is 11.7. The van der Waals surface area contributed by atoms with Crippen LogP contribution in [0.2, 0.25) is 0 Å². The number of nitrogens with one attached hydrogen (secondary N) is 1. The maximum atomic E-state index is 11.7. The summed E-state index contributed by atoms with van der Waals surface area (Å²) in [4.78, 5) is 22.6. The minimum Gasteiger partial charge on any atom is -0.477 e. The van der Waals surface area contributed by atoms with Crippen molar-refractivity contribution in [2.24, 2.45) is 0 Å². The number of carbonyl (C=O) groups is 2. The predicted octanol–water partition coefficient (Wildman–Crippen LogP) is 2.19. The molecule has 0 saturated heterocycles. The first-order valence-corrected chi connectivity index (χ1v) is 5.45. The zero-order chi connectivity index (χ0) is 12.7. The molecule has 0 aliphatic carbocycles. The Hall–Kier alpha value is -2.10. The first-order chi connectivity index (χ1) is 8.15. The number of carboxylic acids is 1. The summed E-state index contributed by atoms with van der Waals surface area (Å²) in [5.41, 5.74) is 0.372. The van der Waals surface area contributed by atoms with Crippen LogP contribution in [-0.2, 0) is 4.79 Å². The second-order valence-electron chi connectivity index (χ2n) is 3.53. The monoisotopic (exact) mass is 233 g/mol. The van der Waals surface area contributed by atoms with Crippen LogP contribution in [0.15, 0.2) is 42.1 Å². The van der Waals surface area contributed by atoms with Crippen LogP contribution in [0, 0.1) is 0 Å². The lowest BCUT2D eigenvalue weighted by Gasteiger charge is -2.05. The molecule has 0 unspecified atom stereocenters. The number of benzene rings is 1. The Morgan fingerprint density at radius 3 is 2.47 bits per heavy atom. The lowest BCUT2D eigenvalue weighted by molar-refractivity contribution is -0.133. The predicted molar refractivity (Wildman–Crippen MR) is 64.5 cm³/mol. The van der Waals surface area contributed by atoms with Gasteiger partial charge in [-0.25, -0.2) is 4.79 Å². The standard InChI is InChI=1S/C13H15NO3/c1-2-3-9-11(13(16)17)14-12(15)10-7-5-4-6-8-10/h4-9H,2-3H2,1H3,(H,14,15)(H,16,17)/b11-9+. The number of carboxylic acid groups (broad SMARTS) is 1. The van der Waals surface area contributed by atoms with Gasteiger partial charge in [-0.1, -0.05) is 37.6 Å². The van der Waals surface area contributed by atoms with Crippen LogP contribution in [0.5, 0.6) is 0 Å². The van der Waals surface area contributed by atoms with E-state index in [9.17, 15) is 9.59 Å². The van der Waals surface area contributed by atoms with Gasteiger partial charge < -0.3 is 10.4 Å². The molecule has 0 aromatic heterocycles. The summed E-state index contributed by atoms with van der Waals surface area (Å²) in [6, 6.07) is 8.52. The van der Waals surface area contributed by atoms with Crippen LogP contribution in [0.3, 0.4) is 0 Å². The van der Waals surface area contributed by atoms with Crippen LogP contribution in [0.25, 0.3) is 0 Å². The summed E-state index contributed by atoms with van der Waals surface area (Å²) in [5.74, 6) is -1.53. The van der Waals surface area contributed by atoms with E-state index in [1.54, 1.807) is 30.3 Å². The van der Waals surface area contributed by atoms with Crippen molar-refractivity contribution in [3.8, 4) is 0 Å². The number of rotatable bonds is 5. The molecule has 0 aliphatic heterocycles. The fourth-order valence-corrected chi connectivity index (χ4v) is 1.26. The van der Waals surface area contributed by atoms with E-state index in [1.807, 2.05) is 6.92 Å². The van der Waals surface area contributed by atoms with Gasteiger partial charge in [-0.05, 0) is 18.6 Å². The summed E-state index contributed by atoms with van der Waals surface area (Å²) in [6.07, 6.45) is 2.97. The number of unbranched alkanes of at least 4 members (excludes halogenated alkanes) is 1. The zero-order valence-corrected chi connectivity index (χ0v) is 9.64. The first kappa shape index (κ1) is 13.0. The Labute approximate surface area is 100.0 Å². The lowest BCUT2D eigenvalue weighted by Crippen LogP contribution is -2.27. The van der Waals surface area contributed by atoms with E-state index in [0.717, 1.165) is 6.42 Å². The Bertz CT molecular complexity index is 424. The smallest absolute Gasteiger partial charge is 0.352 e. The van der Waals surface area contributed by atoms with Crippen molar-refractivity contribution in [3.05, 3.63) is 47.7 Å². The molecule has 0 fully saturated rings. The topological polar surface area (TPSA) is 66.4 Å². The van der Waals surface area contributed by atoms with Crippen molar-refractivity contribution in [1.29, 1.82) is 0 Å². The number of aliphatic carboxylic acids is 1. The van der Waals surface area contributed by atoms with Crippen LogP contribution in [0.4, 0.5) is 0 Å². The van der Waals surface area contributed by atoms with Gasteiger partial charge in [0.25, 0.3) is 5.91 Å². The van der Waals surface area contributed by atoms with Crippen LogP contribution < -0.4 is 5.32 Å². The number of hydrogen-bond donors (Lipinski definition) is 2. The molecule has 90 valence electrons. The van der Waals surface area contributed by atoms with Gasteiger partial charge in [0.05, 0.1) is 0 Å². The molecule has 0 heterocycles. The van der Waals surface area contributed by atoms with E-state index in [0.29, 0.717) is 12.0 Å².